The van der Waals surface area contributed by atoms with Gasteiger partial charge in [-0.1, -0.05) is 76.1 Å². The van der Waals surface area contributed by atoms with E-state index in [1.54, 1.807) is 0 Å². The highest BCUT2D eigenvalue weighted by Crippen LogP contribution is 2.26. The largest absolute Gasteiger partial charge is 0.338 e. The fraction of sp³-hybridized carbons (Fsp3) is 0.0500. The van der Waals surface area contributed by atoms with E-state index in [1.165, 1.54) is 0 Å². The summed E-state index contributed by atoms with van der Waals surface area (Å²) < 4.78 is 0. The lowest BCUT2D eigenvalue weighted by molar-refractivity contribution is 1.29. The number of rotatable bonds is 4. The highest BCUT2D eigenvalue weighted by Gasteiger charge is 2.09. The average molecular weight is 400 g/mol. The molecule has 0 aliphatic rings. The minimum atomic E-state index is 0.654. The van der Waals surface area contributed by atoms with Crippen molar-refractivity contribution in [2.45, 2.75) is 6.92 Å². The van der Waals surface area contributed by atoms with Gasteiger partial charge in [-0.15, -0.1) is 0 Å². The molecule has 3 rings (SSSR count). The summed E-state index contributed by atoms with van der Waals surface area (Å²) in [6.07, 6.45) is 7.95. The van der Waals surface area contributed by atoms with Crippen molar-refractivity contribution in [2.24, 2.45) is 0 Å². The van der Waals surface area contributed by atoms with Crippen molar-refractivity contribution in [1.82, 2.24) is 9.97 Å². The molecule has 1 N–H and O–H groups in total. The van der Waals surface area contributed by atoms with E-state index in [2.05, 4.69) is 33.1 Å². The molecule has 0 unspecified atom stereocenters. The van der Waals surface area contributed by atoms with Crippen molar-refractivity contribution in [2.75, 3.05) is 0 Å². The number of imidazole rings is 1. The van der Waals surface area contributed by atoms with Crippen LogP contribution in [0.5, 0.6) is 0 Å². The Morgan fingerprint density at radius 1 is 1.12 bits per heavy atom. The Labute approximate surface area is 154 Å². The molecule has 0 aliphatic heterocycles. The Morgan fingerprint density at radius 3 is 2.62 bits per heavy atom. The van der Waals surface area contributed by atoms with Gasteiger partial charge in [0.15, 0.2) is 0 Å². The fourth-order valence-corrected chi connectivity index (χ4v) is 3.06. The molecule has 2 aromatic carbocycles. The van der Waals surface area contributed by atoms with Crippen LogP contribution >= 0.6 is 27.5 Å². The second-order valence-corrected chi connectivity index (χ2v) is 6.17. The fourth-order valence-electron chi connectivity index (χ4n) is 2.56. The van der Waals surface area contributed by atoms with Gasteiger partial charge >= 0.3 is 0 Å². The third-order valence-electron chi connectivity index (χ3n) is 3.63. The van der Waals surface area contributed by atoms with Crippen LogP contribution in [-0.4, -0.2) is 9.97 Å². The monoisotopic (exact) mass is 398 g/mol. The van der Waals surface area contributed by atoms with Gasteiger partial charge in [-0.25, -0.2) is 4.98 Å². The lowest BCUT2D eigenvalue weighted by Gasteiger charge is -2.01. The SMILES string of the molecule is CC=Cc1ccc2[nH]c(C=C(Cl)c3ccccc3)nc2c1C=CBr. The third kappa shape index (κ3) is 3.53. The van der Waals surface area contributed by atoms with Crippen molar-refractivity contribution < 1.29 is 0 Å². The van der Waals surface area contributed by atoms with Crippen molar-refractivity contribution in [3.63, 3.8) is 0 Å². The lowest BCUT2D eigenvalue weighted by atomic mass is 10.1. The number of nitrogens with one attached hydrogen (secondary N) is 1. The molecule has 3 aromatic rings. The molecule has 0 amide bonds. The predicted molar refractivity (Wildman–Crippen MR) is 109 cm³/mol. The zero-order chi connectivity index (χ0) is 16.9. The molecular weight excluding hydrogens is 384 g/mol. The summed E-state index contributed by atoms with van der Waals surface area (Å²) in [4.78, 5) is 9.88. The number of benzene rings is 2. The quantitative estimate of drug-likeness (QED) is 0.519. The molecule has 0 fully saturated rings. The number of allylic oxidation sites excluding steroid dienone is 1. The van der Waals surface area contributed by atoms with E-state index in [1.807, 2.05) is 66.5 Å². The van der Waals surface area contributed by atoms with Gasteiger partial charge in [0.25, 0.3) is 0 Å². The first-order valence-corrected chi connectivity index (χ1v) is 8.87. The molecule has 0 bridgehead atoms. The van der Waals surface area contributed by atoms with Crippen LogP contribution in [0.3, 0.4) is 0 Å². The normalized spacial score (nSPS) is 12.7. The van der Waals surface area contributed by atoms with Gasteiger partial charge in [-0.3, -0.25) is 0 Å². The van der Waals surface area contributed by atoms with Gasteiger partial charge in [-0.2, -0.15) is 0 Å². The van der Waals surface area contributed by atoms with E-state index in [4.69, 9.17) is 16.6 Å². The molecule has 0 aliphatic carbocycles. The van der Waals surface area contributed by atoms with Crippen molar-refractivity contribution >= 4 is 61.8 Å². The molecule has 1 aromatic heterocycles. The molecular formula is C20H16BrClN2. The van der Waals surface area contributed by atoms with E-state index in [0.29, 0.717) is 5.03 Å². The van der Waals surface area contributed by atoms with Crippen LogP contribution in [0.2, 0.25) is 0 Å². The summed E-state index contributed by atoms with van der Waals surface area (Å²) >= 11 is 9.78. The summed E-state index contributed by atoms with van der Waals surface area (Å²) in [5.41, 5.74) is 5.05. The van der Waals surface area contributed by atoms with Crippen LogP contribution < -0.4 is 0 Å². The van der Waals surface area contributed by atoms with Gasteiger partial charge in [0.1, 0.15) is 5.82 Å². The third-order valence-corrected chi connectivity index (χ3v) is 4.23. The molecule has 0 saturated carbocycles. The molecule has 24 heavy (non-hydrogen) atoms. The van der Waals surface area contributed by atoms with Crippen LogP contribution in [0.15, 0.2) is 53.5 Å². The number of fused-ring (bicyclic) bond motifs is 1. The van der Waals surface area contributed by atoms with E-state index in [0.717, 1.165) is 33.5 Å². The van der Waals surface area contributed by atoms with Gasteiger partial charge < -0.3 is 4.98 Å². The highest BCUT2D eigenvalue weighted by molar-refractivity contribution is 9.11. The number of nitrogens with zero attached hydrogens (tertiary/aromatic N) is 1. The van der Waals surface area contributed by atoms with Crippen LogP contribution in [-0.2, 0) is 0 Å². The second kappa shape index (κ2) is 7.65. The summed E-state index contributed by atoms with van der Waals surface area (Å²) in [5, 5.41) is 0.654. The maximum absolute atomic E-state index is 6.42. The predicted octanol–water partition coefficient (Wildman–Crippen LogP) is 6.70. The summed E-state index contributed by atoms with van der Waals surface area (Å²) in [5.74, 6) is 0.737. The Balaban J connectivity index is 2.10. The smallest absolute Gasteiger partial charge is 0.132 e. The average Bonchev–Trinajstić information content (AvgIpc) is 3.01. The molecule has 0 spiro atoms. The lowest BCUT2D eigenvalue weighted by Crippen LogP contribution is -1.83. The van der Waals surface area contributed by atoms with Crippen LogP contribution in [0.1, 0.15) is 29.4 Å². The first-order valence-electron chi connectivity index (χ1n) is 7.57. The Morgan fingerprint density at radius 2 is 1.92 bits per heavy atom. The standard InChI is InChI=1S/C20H16BrClN2/c1-2-6-14-9-10-18-20(16(14)11-12-21)24-19(23-18)13-17(22)15-7-4-3-5-8-15/h2-13H,1H3,(H,23,24). The van der Waals surface area contributed by atoms with Gasteiger partial charge in [0.05, 0.1) is 16.1 Å². The minimum Gasteiger partial charge on any atom is -0.338 e. The second-order valence-electron chi connectivity index (χ2n) is 5.24. The maximum Gasteiger partial charge on any atom is 0.132 e. The maximum atomic E-state index is 6.42. The van der Waals surface area contributed by atoms with Crippen molar-refractivity contribution in [1.29, 1.82) is 0 Å². The minimum absolute atomic E-state index is 0.654. The summed E-state index contributed by atoms with van der Waals surface area (Å²) in [6.45, 7) is 2.00. The number of aromatic amines is 1. The van der Waals surface area contributed by atoms with Crippen LogP contribution in [0.25, 0.3) is 34.3 Å². The molecule has 0 radical (unpaired) electrons. The molecule has 1 heterocycles. The number of H-pyrrole nitrogens is 1. The number of hydrogen-bond donors (Lipinski definition) is 1. The van der Waals surface area contributed by atoms with E-state index < -0.39 is 0 Å². The van der Waals surface area contributed by atoms with E-state index in [-0.39, 0.29) is 0 Å². The summed E-state index contributed by atoms with van der Waals surface area (Å²) in [7, 11) is 0. The first kappa shape index (κ1) is 16.7. The van der Waals surface area contributed by atoms with Gasteiger partial charge in [0, 0.05) is 11.6 Å². The van der Waals surface area contributed by atoms with Crippen molar-refractivity contribution in [3.8, 4) is 0 Å². The van der Waals surface area contributed by atoms with Crippen LogP contribution in [0, 0.1) is 0 Å². The van der Waals surface area contributed by atoms with E-state index >= 15 is 0 Å². The molecule has 4 heteroatoms. The molecule has 0 saturated heterocycles. The Hall–Kier alpha value is -2.10. The Kier molecular flexibility index (Phi) is 5.34. The van der Waals surface area contributed by atoms with Crippen molar-refractivity contribution in [3.05, 3.63) is 76.0 Å². The zero-order valence-corrected chi connectivity index (χ0v) is 15.5. The molecule has 120 valence electrons. The van der Waals surface area contributed by atoms with Gasteiger partial charge in [0.2, 0.25) is 0 Å². The van der Waals surface area contributed by atoms with Gasteiger partial charge in [-0.05, 0) is 35.2 Å². The zero-order valence-electron chi connectivity index (χ0n) is 13.1. The number of hydrogen-bond acceptors (Lipinski definition) is 1. The topological polar surface area (TPSA) is 28.7 Å². The first-order chi connectivity index (χ1) is 11.7. The highest BCUT2D eigenvalue weighted by atomic mass is 79.9. The molecule has 0 atom stereocenters. The number of aromatic nitrogens is 2. The van der Waals surface area contributed by atoms with E-state index in [9.17, 15) is 0 Å². The summed E-state index contributed by atoms with van der Waals surface area (Å²) in [6, 6.07) is 14.0. The molecule has 2 nitrogen and oxygen atoms in total. The van der Waals surface area contributed by atoms with Crippen LogP contribution in [0.4, 0.5) is 0 Å². The number of halogens is 2. The Bertz CT molecular complexity index is 937.